The number of β-amino-alcohol motifs (C(OH)–C–C–N with tert-alkyl or cyclic N) is 1. The minimum atomic E-state index is -0.484. The summed E-state index contributed by atoms with van der Waals surface area (Å²) in [5.41, 5.74) is 1.36. The molecule has 130 valence electrons. The fraction of sp³-hybridized carbons (Fsp3) is 0.529. The molecule has 24 heavy (non-hydrogen) atoms. The summed E-state index contributed by atoms with van der Waals surface area (Å²) in [7, 11) is 0. The van der Waals surface area contributed by atoms with E-state index in [9.17, 15) is 9.90 Å². The van der Waals surface area contributed by atoms with Gasteiger partial charge in [0.25, 0.3) is 5.91 Å². The number of aliphatic hydroxyl groups excluding tert-OH is 1. The van der Waals surface area contributed by atoms with Gasteiger partial charge >= 0.3 is 0 Å². The van der Waals surface area contributed by atoms with Crippen LogP contribution in [0, 0.1) is 0 Å². The van der Waals surface area contributed by atoms with Crippen molar-refractivity contribution in [3.05, 3.63) is 30.0 Å². The number of rotatable bonds is 6. The van der Waals surface area contributed by atoms with Crippen LogP contribution in [0.15, 0.2) is 24.3 Å². The van der Waals surface area contributed by atoms with E-state index in [1.54, 1.807) is 0 Å². The Balaban J connectivity index is 1.55. The van der Waals surface area contributed by atoms with Crippen molar-refractivity contribution in [2.75, 3.05) is 45.9 Å². The average molecular weight is 332 g/mol. The second-order valence-electron chi connectivity index (χ2n) is 6.02. The van der Waals surface area contributed by atoms with E-state index in [1.807, 2.05) is 36.1 Å². The lowest BCUT2D eigenvalue weighted by atomic mass is 10.2. The van der Waals surface area contributed by atoms with Crippen LogP contribution in [0.25, 0.3) is 10.9 Å². The number of amides is 1. The van der Waals surface area contributed by atoms with Crippen LogP contribution in [0.1, 0.15) is 17.4 Å². The molecule has 1 aromatic heterocycles. The molecule has 7 nitrogen and oxygen atoms in total. The first-order valence-corrected chi connectivity index (χ1v) is 8.39. The van der Waals surface area contributed by atoms with Crippen LogP contribution in [-0.2, 0) is 4.74 Å². The third-order valence-corrected chi connectivity index (χ3v) is 4.32. The molecule has 0 radical (unpaired) electrons. The van der Waals surface area contributed by atoms with Crippen LogP contribution in [0.4, 0.5) is 0 Å². The maximum absolute atomic E-state index is 12.7. The molecular weight excluding hydrogens is 308 g/mol. The van der Waals surface area contributed by atoms with Gasteiger partial charge in [-0.3, -0.25) is 14.8 Å². The number of aromatic amines is 1. The Morgan fingerprint density at radius 1 is 1.33 bits per heavy atom. The molecule has 0 saturated carbocycles. The first kappa shape index (κ1) is 16.9. The molecule has 2 aromatic rings. The predicted molar refractivity (Wildman–Crippen MR) is 90.9 cm³/mol. The van der Waals surface area contributed by atoms with Gasteiger partial charge < -0.3 is 14.7 Å². The molecule has 1 aliphatic rings. The van der Waals surface area contributed by atoms with Crippen molar-refractivity contribution >= 4 is 16.8 Å². The summed E-state index contributed by atoms with van der Waals surface area (Å²) >= 11 is 0. The molecule has 3 rings (SSSR count). The number of hydrogen-bond donors (Lipinski definition) is 2. The topological polar surface area (TPSA) is 81.7 Å². The molecule has 1 atom stereocenters. The highest BCUT2D eigenvalue weighted by Crippen LogP contribution is 2.17. The van der Waals surface area contributed by atoms with Gasteiger partial charge in [0.2, 0.25) is 0 Å². The van der Waals surface area contributed by atoms with Gasteiger partial charge in [-0.1, -0.05) is 18.2 Å². The molecule has 7 heteroatoms. The molecule has 0 bridgehead atoms. The van der Waals surface area contributed by atoms with Gasteiger partial charge in [-0.2, -0.15) is 5.10 Å². The monoisotopic (exact) mass is 332 g/mol. The number of fused-ring (bicyclic) bond motifs is 1. The molecule has 0 unspecified atom stereocenters. The Labute approximate surface area is 141 Å². The quantitative estimate of drug-likeness (QED) is 0.814. The van der Waals surface area contributed by atoms with E-state index in [2.05, 4.69) is 15.1 Å². The first-order chi connectivity index (χ1) is 11.7. The molecular formula is C17H24N4O3. The maximum Gasteiger partial charge on any atom is 0.275 e. The smallest absolute Gasteiger partial charge is 0.275 e. The summed E-state index contributed by atoms with van der Waals surface area (Å²) in [4.78, 5) is 16.7. The lowest BCUT2D eigenvalue weighted by molar-refractivity contribution is 0.0111. The van der Waals surface area contributed by atoms with E-state index in [-0.39, 0.29) is 5.91 Å². The Morgan fingerprint density at radius 3 is 2.83 bits per heavy atom. The highest BCUT2D eigenvalue weighted by Gasteiger charge is 2.25. The van der Waals surface area contributed by atoms with Crippen molar-refractivity contribution in [2.24, 2.45) is 0 Å². The van der Waals surface area contributed by atoms with Crippen LogP contribution in [-0.4, -0.2) is 83.1 Å². The second-order valence-corrected chi connectivity index (χ2v) is 6.02. The lowest BCUT2D eigenvalue weighted by Gasteiger charge is -2.35. The number of aliphatic hydroxyl groups is 1. The second kappa shape index (κ2) is 7.74. The standard InChI is InChI=1S/C17H24N4O3/c1-2-24-12-13(22)11-20-7-9-21(10-8-20)17(23)16-14-5-3-4-6-15(14)18-19-16/h3-6,13,22H,2,7-12H2,1H3,(H,18,19)/t13-/m1/s1. The van der Waals surface area contributed by atoms with Crippen molar-refractivity contribution in [1.82, 2.24) is 20.0 Å². The van der Waals surface area contributed by atoms with Crippen LogP contribution >= 0.6 is 0 Å². The zero-order valence-corrected chi connectivity index (χ0v) is 13.9. The number of carbonyl (C=O) groups excluding carboxylic acids is 1. The van der Waals surface area contributed by atoms with Crippen LogP contribution in [0.5, 0.6) is 0 Å². The summed E-state index contributed by atoms with van der Waals surface area (Å²) in [6, 6.07) is 7.65. The summed E-state index contributed by atoms with van der Waals surface area (Å²) < 4.78 is 5.23. The zero-order chi connectivity index (χ0) is 16.9. The van der Waals surface area contributed by atoms with Crippen LogP contribution in [0.2, 0.25) is 0 Å². The highest BCUT2D eigenvalue weighted by atomic mass is 16.5. The van der Waals surface area contributed by atoms with Crippen LogP contribution in [0.3, 0.4) is 0 Å². The number of aromatic nitrogens is 2. The molecule has 1 saturated heterocycles. The van der Waals surface area contributed by atoms with E-state index < -0.39 is 6.10 Å². The Bertz CT molecular complexity index is 679. The Hall–Kier alpha value is -1.96. The number of carbonyl (C=O) groups is 1. The normalized spacial score (nSPS) is 17.3. The fourth-order valence-electron chi connectivity index (χ4n) is 3.01. The largest absolute Gasteiger partial charge is 0.389 e. The number of nitrogens with one attached hydrogen (secondary N) is 1. The SMILES string of the molecule is CCOC[C@H](O)CN1CCN(C(=O)c2n[nH]c3ccccc23)CC1. The zero-order valence-electron chi connectivity index (χ0n) is 13.9. The van der Waals surface area contributed by atoms with Crippen molar-refractivity contribution in [2.45, 2.75) is 13.0 Å². The predicted octanol–water partition coefficient (Wildman–Crippen LogP) is 0.718. The van der Waals surface area contributed by atoms with Crippen molar-refractivity contribution < 1.29 is 14.6 Å². The van der Waals surface area contributed by atoms with E-state index in [0.29, 0.717) is 38.5 Å². The van der Waals surface area contributed by atoms with Gasteiger partial charge in [0.15, 0.2) is 5.69 Å². The van der Waals surface area contributed by atoms with E-state index in [1.165, 1.54) is 0 Å². The fourth-order valence-corrected chi connectivity index (χ4v) is 3.01. The average Bonchev–Trinajstić information content (AvgIpc) is 3.04. The molecule has 2 heterocycles. The molecule has 1 fully saturated rings. The third-order valence-electron chi connectivity index (χ3n) is 4.32. The van der Waals surface area contributed by atoms with Gasteiger partial charge in [-0.05, 0) is 13.0 Å². The van der Waals surface area contributed by atoms with E-state index in [0.717, 1.165) is 24.0 Å². The summed E-state index contributed by atoms with van der Waals surface area (Å²) in [6.45, 7) is 6.23. The Kier molecular flexibility index (Phi) is 5.44. The third kappa shape index (κ3) is 3.75. The van der Waals surface area contributed by atoms with Gasteiger partial charge in [-0.25, -0.2) is 0 Å². The summed E-state index contributed by atoms with van der Waals surface area (Å²) in [5.74, 6) is -0.0398. The van der Waals surface area contributed by atoms with Gasteiger partial charge in [0.05, 0.1) is 18.2 Å². The summed E-state index contributed by atoms with van der Waals surface area (Å²) in [5, 5.41) is 17.9. The maximum atomic E-state index is 12.7. The number of benzene rings is 1. The highest BCUT2D eigenvalue weighted by molar-refractivity contribution is 6.04. The lowest BCUT2D eigenvalue weighted by Crippen LogP contribution is -2.50. The minimum Gasteiger partial charge on any atom is -0.389 e. The van der Waals surface area contributed by atoms with E-state index >= 15 is 0 Å². The van der Waals surface area contributed by atoms with Crippen LogP contribution < -0.4 is 0 Å². The minimum absolute atomic E-state index is 0.0398. The molecule has 2 N–H and O–H groups in total. The molecule has 1 aliphatic heterocycles. The summed E-state index contributed by atoms with van der Waals surface area (Å²) in [6.07, 6.45) is -0.484. The van der Waals surface area contributed by atoms with Gasteiger partial charge in [0, 0.05) is 44.7 Å². The number of H-pyrrole nitrogens is 1. The molecule has 1 aromatic carbocycles. The number of nitrogens with zero attached hydrogens (tertiary/aromatic N) is 3. The van der Waals surface area contributed by atoms with Gasteiger partial charge in [0.1, 0.15) is 0 Å². The van der Waals surface area contributed by atoms with Gasteiger partial charge in [-0.15, -0.1) is 0 Å². The number of ether oxygens (including phenoxy) is 1. The van der Waals surface area contributed by atoms with Crippen molar-refractivity contribution in [3.8, 4) is 0 Å². The number of piperazine rings is 1. The van der Waals surface area contributed by atoms with Crippen molar-refractivity contribution in [3.63, 3.8) is 0 Å². The first-order valence-electron chi connectivity index (χ1n) is 8.39. The Morgan fingerprint density at radius 2 is 2.08 bits per heavy atom. The number of para-hydroxylation sites is 1. The van der Waals surface area contributed by atoms with Crippen molar-refractivity contribution in [1.29, 1.82) is 0 Å². The van der Waals surface area contributed by atoms with E-state index in [4.69, 9.17) is 4.74 Å². The molecule has 1 amide bonds. The molecule has 0 spiro atoms. The molecule has 0 aliphatic carbocycles. The number of hydrogen-bond acceptors (Lipinski definition) is 5.